The van der Waals surface area contributed by atoms with Crippen LogP contribution in [0.25, 0.3) is 10.8 Å². The van der Waals surface area contributed by atoms with Crippen molar-refractivity contribution in [2.45, 2.75) is 45.1 Å². The van der Waals surface area contributed by atoms with Crippen LogP contribution >= 0.6 is 0 Å². The molecule has 0 aliphatic heterocycles. The van der Waals surface area contributed by atoms with Gasteiger partial charge in [-0.15, -0.1) is 0 Å². The van der Waals surface area contributed by atoms with E-state index in [0.717, 1.165) is 36.5 Å². The molecule has 1 aliphatic rings. The molecule has 1 fully saturated rings. The second-order valence-electron chi connectivity index (χ2n) is 6.47. The molecule has 1 saturated carbocycles. The van der Waals surface area contributed by atoms with Gasteiger partial charge in [-0.05, 0) is 30.9 Å². The SMILES string of the molecule is CC[C@@H]1CCC[C@H](NC(=O)C(=O)Nc2cccc3cnccc23)C1. The third-order valence-corrected chi connectivity index (χ3v) is 4.83. The highest BCUT2D eigenvalue weighted by Crippen LogP contribution is 2.26. The number of nitrogens with one attached hydrogen (secondary N) is 2. The first-order valence-corrected chi connectivity index (χ1v) is 8.62. The van der Waals surface area contributed by atoms with Crippen molar-refractivity contribution in [3.05, 3.63) is 36.7 Å². The number of benzene rings is 1. The number of anilines is 1. The highest BCUT2D eigenvalue weighted by atomic mass is 16.2. The highest BCUT2D eigenvalue weighted by Gasteiger charge is 2.24. The average Bonchev–Trinajstić information content (AvgIpc) is 2.62. The summed E-state index contributed by atoms with van der Waals surface area (Å²) in [4.78, 5) is 28.5. The summed E-state index contributed by atoms with van der Waals surface area (Å²) in [5.41, 5.74) is 0.630. The van der Waals surface area contributed by atoms with Gasteiger partial charge in [-0.1, -0.05) is 38.3 Å². The zero-order valence-electron chi connectivity index (χ0n) is 13.9. The molecular weight excluding hydrogens is 302 g/mol. The summed E-state index contributed by atoms with van der Waals surface area (Å²) in [6, 6.07) is 7.49. The normalized spacial score (nSPS) is 20.5. The lowest BCUT2D eigenvalue weighted by Gasteiger charge is -2.28. The molecule has 1 aliphatic carbocycles. The minimum absolute atomic E-state index is 0.110. The third kappa shape index (κ3) is 3.72. The van der Waals surface area contributed by atoms with Crippen molar-refractivity contribution in [2.24, 2.45) is 5.92 Å². The first-order chi connectivity index (χ1) is 11.7. The summed E-state index contributed by atoms with van der Waals surface area (Å²) in [6.45, 7) is 2.18. The van der Waals surface area contributed by atoms with E-state index in [1.54, 1.807) is 18.5 Å². The zero-order chi connectivity index (χ0) is 16.9. The van der Waals surface area contributed by atoms with E-state index in [-0.39, 0.29) is 6.04 Å². The molecule has 1 aromatic carbocycles. The van der Waals surface area contributed by atoms with Gasteiger partial charge in [-0.25, -0.2) is 0 Å². The maximum atomic E-state index is 12.2. The predicted octanol–water partition coefficient (Wildman–Crippen LogP) is 3.26. The number of carbonyl (C=O) groups is 2. The molecule has 5 nitrogen and oxygen atoms in total. The fourth-order valence-electron chi connectivity index (χ4n) is 3.45. The molecule has 2 amide bonds. The first-order valence-electron chi connectivity index (χ1n) is 8.62. The fourth-order valence-corrected chi connectivity index (χ4v) is 3.45. The largest absolute Gasteiger partial charge is 0.345 e. The Labute approximate surface area is 141 Å². The molecule has 5 heteroatoms. The summed E-state index contributed by atoms with van der Waals surface area (Å²) in [6.07, 6.45) is 8.79. The van der Waals surface area contributed by atoms with Crippen LogP contribution in [0, 0.1) is 5.92 Å². The molecular formula is C19H23N3O2. The number of fused-ring (bicyclic) bond motifs is 1. The molecule has 0 unspecified atom stereocenters. The van der Waals surface area contributed by atoms with Crippen LogP contribution in [-0.4, -0.2) is 22.8 Å². The fraction of sp³-hybridized carbons (Fsp3) is 0.421. The van der Waals surface area contributed by atoms with Crippen molar-refractivity contribution >= 4 is 28.3 Å². The lowest BCUT2D eigenvalue weighted by atomic mass is 9.84. The molecule has 2 atom stereocenters. The van der Waals surface area contributed by atoms with Gasteiger partial charge in [-0.2, -0.15) is 0 Å². The Kier molecular flexibility index (Phi) is 5.08. The van der Waals surface area contributed by atoms with Crippen molar-refractivity contribution in [3.8, 4) is 0 Å². The zero-order valence-corrected chi connectivity index (χ0v) is 13.9. The molecule has 1 aromatic heterocycles. The topological polar surface area (TPSA) is 71.1 Å². The maximum Gasteiger partial charge on any atom is 0.313 e. The van der Waals surface area contributed by atoms with Crippen LogP contribution in [0.2, 0.25) is 0 Å². The predicted molar refractivity (Wildman–Crippen MR) is 94.6 cm³/mol. The van der Waals surface area contributed by atoms with E-state index in [1.807, 2.05) is 18.2 Å². The van der Waals surface area contributed by atoms with E-state index in [9.17, 15) is 9.59 Å². The highest BCUT2D eigenvalue weighted by molar-refractivity contribution is 6.40. The standard InChI is InChI=1S/C19H23N3O2/c1-2-13-5-3-7-15(11-13)21-18(23)19(24)22-17-8-4-6-14-12-20-10-9-16(14)17/h4,6,8-10,12-13,15H,2-3,5,7,11H2,1H3,(H,21,23)(H,22,24)/t13-,15+/m1/s1. The quantitative estimate of drug-likeness (QED) is 0.851. The summed E-state index contributed by atoms with van der Waals surface area (Å²) in [7, 11) is 0. The Hall–Kier alpha value is -2.43. The van der Waals surface area contributed by atoms with Crippen molar-refractivity contribution in [1.82, 2.24) is 10.3 Å². The molecule has 2 aromatic rings. The van der Waals surface area contributed by atoms with Gasteiger partial charge in [0.15, 0.2) is 0 Å². The lowest BCUT2D eigenvalue weighted by molar-refractivity contribution is -0.136. The van der Waals surface area contributed by atoms with Crippen LogP contribution in [-0.2, 0) is 9.59 Å². The Bertz CT molecular complexity index is 739. The van der Waals surface area contributed by atoms with Gasteiger partial charge in [0.05, 0.1) is 0 Å². The maximum absolute atomic E-state index is 12.2. The molecule has 0 radical (unpaired) electrons. The number of pyridine rings is 1. The summed E-state index contributed by atoms with van der Waals surface area (Å²) in [5, 5.41) is 7.41. The Morgan fingerprint density at radius 2 is 2.08 bits per heavy atom. The van der Waals surface area contributed by atoms with Gasteiger partial charge in [-0.3, -0.25) is 14.6 Å². The van der Waals surface area contributed by atoms with E-state index in [1.165, 1.54) is 6.42 Å². The van der Waals surface area contributed by atoms with E-state index in [4.69, 9.17) is 0 Å². The number of aromatic nitrogens is 1. The molecule has 0 saturated heterocycles. The van der Waals surface area contributed by atoms with Gasteiger partial charge in [0, 0.05) is 34.9 Å². The molecule has 0 spiro atoms. The lowest BCUT2D eigenvalue weighted by Crippen LogP contribution is -2.43. The minimum atomic E-state index is -0.613. The van der Waals surface area contributed by atoms with Crippen LogP contribution in [0.15, 0.2) is 36.7 Å². The first kappa shape index (κ1) is 16.4. The minimum Gasteiger partial charge on any atom is -0.345 e. The van der Waals surface area contributed by atoms with Crippen molar-refractivity contribution in [1.29, 1.82) is 0 Å². The molecule has 1 heterocycles. The van der Waals surface area contributed by atoms with Crippen molar-refractivity contribution < 1.29 is 9.59 Å². The summed E-state index contributed by atoms with van der Waals surface area (Å²) >= 11 is 0. The summed E-state index contributed by atoms with van der Waals surface area (Å²) < 4.78 is 0. The molecule has 24 heavy (non-hydrogen) atoms. The van der Waals surface area contributed by atoms with E-state index >= 15 is 0 Å². The van der Waals surface area contributed by atoms with E-state index in [0.29, 0.717) is 11.6 Å². The number of carbonyl (C=O) groups excluding carboxylic acids is 2. The third-order valence-electron chi connectivity index (χ3n) is 4.83. The molecule has 3 rings (SSSR count). The Morgan fingerprint density at radius 3 is 2.92 bits per heavy atom. The van der Waals surface area contributed by atoms with Gasteiger partial charge in [0.2, 0.25) is 0 Å². The number of hydrogen-bond acceptors (Lipinski definition) is 3. The van der Waals surface area contributed by atoms with Gasteiger partial charge >= 0.3 is 11.8 Å². The van der Waals surface area contributed by atoms with E-state index in [2.05, 4.69) is 22.5 Å². The monoisotopic (exact) mass is 325 g/mol. The van der Waals surface area contributed by atoms with Gasteiger partial charge < -0.3 is 10.6 Å². The molecule has 126 valence electrons. The second kappa shape index (κ2) is 7.43. The smallest absolute Gasteiger partial charge is 0.313 e. The van der Waals surface area contributed by atoms with Crippen molar-refractivity contribution in [2.75, 3.05) is 5.32 Å². The molecule has 2 N–H and O–H groups in total. The Morgan fingerprint density at radius 1 is 1.21 bits per heavy atom. The summed E-state index contributed by atoms with van der Waals surface area (Å²) in [5.74, 6) is -0.515. The number of rotatable bonds is 3. The molecule has 0 bridgehead atoms. The second-order valence-corrected chi connectivity index (χ2v) is 6.47. The van der Waals surface area contributed by atoms with Crippen LogP contribution in [0.3, 0.4) is 0 Å². The van der Waals surface area contributed by atoms with Crippen LogP contribution < -0.4 is 10.6 Å². The van der Waals surface area contributed by atoms with Crippen LogP contribution in [0.1, 0.15) is 39.0 Å². The van der Waals surface area contributed by atoms with Crippen molar-refractivity contribution in [3.63, 3.8) is 0 Å². The number of nitrogens with zero attached hydrogens (tertiary/aromatic N) is 1. The Balaban J connectivity index is 1.64. The van der Waals surface area contributed by atoms with E-state index < -0.39 is 11.8 Å². The number of hydrogen-bond donors (Lipinski definition) is 2. The van der Waals surface area contributed by atoms with Gasteiger partial charge in [0.1, 0.15) is 0 Å². The number of amides is 2. The average molecular weight is 325 g/mol. The van der Waals surface area contributed by atoms with Crippen LogP contribution in [0.4, 0.5) is 5.69 Å². The van der Waals surface area contributed by atoms with Gasteiger partial charge in [0.25, 0.3) is 0 Å². The van der Waals surface area contributed by atoms with Crippen LogP contribution in [0.5, 0.6) is 0 Å².